The van der Waals surface area contributed by atoms with Crippen molar-refractivity contribution >= 4 is 41.5 Å². The van der Waals surface area contributed by atoms with Crippen molar-refractivity contribution in [3.05, 3.63) is 0 Å². The molecule has 0 heterocycles. The van der Waals surface area contributed by atoms with Gasteiger partial charge in [0.25, 0.3) is 0 Å². The molecule has 0 rings (SSSR count). The first-order chi connectivity index (χ1) is 16.6. The Kier molecular flexibility index (Phi) is 14.1. The second-order valence-corrected chi connectivity index (χ2v) is 7.92. The number of primary amides is 2. The lowest BCUT2D eigenvalue weighted by molar-refractivity contribution is -0.145. The molecule has 0 saturated heterocycles. The van der Waals surface area contributed by atoms with E-state index in [0.717, 1.165) is 6.92 Å². The van der Waals surface area contributed by atoms with Crippen molar-refractivity contribution in [2.75, 3.05) is 6.54 Å². The number of aliphatic imine (C=N–C) groups is 1. The monoisotopic (exact) mass is 517 g/mol. The van der Waals surface area contributed by atoms with Crippen LogP contribution in [0.3, 0.4) is 0 Å². The molecular weight excluding hydrogens is 482 g/mol. The van der Waals surface area contributed by atoms with E-state index in [9.17, 15) is 33.9 Å². The molecule has 17 heteroatoms. The molecule has 0 fully saturated rings. The quantitative estimate of drug-likeness (QED) is 0.0492. The lowest BCUT2D eigenvalue weighted by Crippen LogP contribution is -2.58. The number of amides is 5. The zero-order valence-electron chi connectivity index (χ0n) is 19.8. The van der Waals surface area contributed by atoms with Gasteiger partial charge in [0.2, 0.25) is 29.5 Å². The van der Waals surface area contributed by atoms with Crippen molar-refractivity contribution < 1.29 is 39.0 Å². The topological polar surface area (TPSA) is 321 Å². The van der Waals surface area contributed by atoms with Gasteiger partial charge in [0, 0.05) is 13.0 Å². The maximum Gasteiger partial charge on any atom is 0.328 e. The van der Waals surface area contributed by atoms with Crippen LogP contribution in [0.15, 0.2) is 4.99 Å². The summed E-state index contributed by atoms with van der Waals surface area (Å²) < 4.78 is 0. The Morgan fingerprint density at radius 2 is 1.39 bits per heavy atom. The molecule has 204 valence electrons. The summed E-state index contributed by atoms with van der Waals surface area (Å²) in [5, 5.41) is 25.3. The third-order valence-electron chi connectivity index (χ3n) is 4.70. The summed E-state index contributed by atoms with van der Waals surface area (Å²) in [5.41, 5.74) is 26.4. The lowest BCUT2D eigenvalue weighted by Gasteiger charge is -2.25. The SMILES string of the molecule is CC(O)C(NC(=O)C(CC(N)=O)NC(=O)C(CCCN=C(N)N)NC(=O)C(N)CCC(N)=O)C(=O)O. The van der Waals surface area contributed by atoms with Crippen LogP contribution in [-0.4, -0.2) is 88.5 Å². The number of aliphatic hydroxyl groups excluding tert-OH is 1. The van der Waals surface area contributed by atoms with Gasteiger partial charge < -0.3 is 54.8 Å². The van der Waals surface area contributed by atoms with E-state index in [1.807, 2.05) is 5.32 Å². The molecule has 17 nitrogen and oxygen atoms in total. The first-order valence-electron chi connectivity index (χ1n) is 10.8. The molecule has 0 radical (unpaired) electrons. The van der Waals surface area contributed by atoms with Crippen molar-refractivity contribution in [3.63, 3.8) is 0 Å². The fraction of sp³-hybridized carbons (Fsp3) is 0.632. The molecule has 0 spiro atoms. The summed E-state index contributed by atoms with van der Waals surface area (Å²) in [7, 11) is 0. The van der Waals surface area contributed by atoms with E-state index in [1.165, 1.54) is 0 Å². The van der Waals surface area contributed by atoms with Gasteiger partial charge in [-0.1, -0.05) is 0 Å². The maximum atomic E-state index is 12.9. The standard InChI is InChI=1S/C19H35N9O8/c1-8(29)14(18(35)36)28-17(34)11(7-13(22)31)27-16(33)10(3-2-6-25-19(23)24)26-15(32)9(20)4-5-12(21)30/h8-11,14,29H,2-7,20H2,1H3,(H2,21,30)(H2,22,31)(H,26,32)(H,27,33)(H,28,34)(H,35,36)(H4,23,24,25). The molecule has 0 aliphatic carbocycles. The smallest absolute Gasteiger partial charge is 0.328 e. The molecule has 5 atom stereocenters. The Hall–Kier alpha value is -3.99. The number of guanidine groups is 1. The summed E-state index contributed by atoms with van der Waals surface area (Å²) in [6.07, 6.45) is -2.32. The lowest BCUT2D eigenvalue weighted by atomic mass is 10.1. The highest BCUT2D eigenvalue weighted by Gasteiger charge is 2.32. The van der Waals surface area contributed by atoms with Crippen LogP contribution in [0.5, 0.6) is 0 Å². The van der Waals surface area contributed by atoms with Crippen molar-refractivity contribution in [1.82, 2.24) is 16.0 Å². The van der Waals surface area contributed by atoms with Crippen LogP contribution in [0.25, 0.3) is 0 Å². The molecule has 0 aromatic heterocycles. The first-order valence-corrected chi connectivity index (χ1v) is 10.8. The van der Waals surface area contributed by atoms with E-state index in [2.05, 4.69) is 15.6 Å². The molecular formula is C19H35N9O8. The third kappa shape index (κ3) is 13.0. The number of nitrogens with two attached hydrogens (primary N) is 5. The minimum Gasteiger partial charge on any atom is -0.480 e. The number of hydrogen-bond donors (Lipinski definition) is 10. The Bertz CT molecular complexity index is 845. The van der Waals surface area contributed by atoms with E-state index in [4.69, 9.17) is 33.8 Å². The Morgan fingerprint density at radius 3 is 1.86 bits per heavy atom. The summed E-state index contributed by atoms with van der Waals surface area (Å²) in [5.74, 6) is -6.27. The fourth-order valence-electron chi connectivity index (χ4n) is 2.81. The number of aliphatic carboxylic acids is 1. The molecule has 0 aromatic carbocycles. The molecule has 15 N–H and O–H groups in total. The number of nitrogens with one attached hydrogen (secondary N) is 3. The second-order valence-electron chi connectivity index (χ2n) is 7.92. The van der Waals surface area contributed by atoms with Gasteiger partial charge >= 0.3 is 5.97 Å². The van der Waals surface area contributed by atoms with Gasteiger partial charge in [-0.05, 0) is 26.2 Å². The van der Waals surface area contributed by atoms with E-state index < -0.39 is 72.2 Å². The van der Waals surface area contributed by atoms with E-state index in [0.29, 0.717) is 0 Å². The Balaban J connectivity index is 5.62. The number of aliphatic hydroxyl groups is 1. The van der Waals surface area contributed by atoms with Gasteiger partial charge in [-0.3, -0.25) is 29.0 Å². The van der Waals surface area contributed by atoms with Crippen LogP contribution in [0, 0.1) is 0 Å². The van der Waals surface area contributed by atoms with Gasteiger partial charge in [-0.15, -0.1) is 0 Å². The van der Waals surface area contributed by atoms with Gasteiger partial charge in [-0.25, -0.2) is 4.79 Å². The minimum atomic E-state index is -1.73. The predicted octanol–water partition coefficient (Wildman–Crippen LogP) is -5.57. The number of hydrogen-bond acceptors (Lipinski definition) is 9. The van der Waals surface area contributed by atoms with Crippen molar-refractivity contribution in [2.45, 2.75) is 69.3 Å². The second kappa shape index (κ2) is 15.8. The van der Waals surface area contributed by atoms with Gasteiger partial charge in [0.15, 0.2) is 12.0 Å². The van der Waals surface area contributed by atoms with Crippen LogP contribution in [0.2, 0.25) is 0 Å². The Morgan fingerprint density at radius 1 is 0.833 bits per heavy atom. The third-order valence-corrected chi connectivity index (χ3v) is 4.70. The fourth-order valence-corrected chi connectivity index (χ4v) is 2.81. The average molecular weight is 518 g/mol. The van der Waals surface area contributed by atoms with Crippen molar-refractivity contribution in [2.24, 2.45) is 33.7 Å². The molecule has 5 amide bonds. The van der Waals surface area contributed by atoms with E-state index >= 15 is 0 Å². The van der Waals surface area contributed by atoms with Crippen LogP contribution in [-0.2, 0) is 28.8 Å². The van der Waals surface area contributed by atoms with Gasteiger partial charge in [-0.2, -0.15) is 0 Å². The number of nitrogens with zero attached hydrogens (tertiary/aromatic N) is 1. The predicted molar refractivity (Wildman–Crippen MR) is 125 cm³/mol. The number of rotatable bonds is 17. The van der Waals surface area contributed by atoms with Crippen molar-refractivity contribution in [3.8, 4) is 0 Å². The summed E-state index contributed by atoms with van der Waals surface area (Å²) >= 11 is 0. The number of carboxylic acids is 1. The highest BCUT2D eigenvalue weighted by molar-refractivity contribution is 5.96. The molecule has 0 aromatic rings. The van der Waals surface area contributed by atoms with E-state index in [1.54, 1.807) is 0 Å². The van der Waals surface area contributed by atoms with Crippen LogP contribution < -0.4 is 44.6 Å². The summed E-state index contributed by atoms with van der Waals surface area (Å²) in [6, 6.07) is -5.83. The highest BCUT2D eigenvalue weighted by Crippen LogP contribution is 2.04. The molecule has 5 unspecified atom stereocenters. The van der Waals surface area contributed by atoms with Crippen LogP contribution in [0.4, 0.5) is 0 Å². The van der Waals surface area contributed by atoms with Gasteiger partial charge in [0.05, 0.1) is 18.6 Å². The zero-order valence-corrected chi connectivity index (χ0v) is 19.8. The zero-order chi connectivity index (χ0) is 28.0. The largest absolute Gasteiger partial charge is 0.480 e. The molecule has 0 aliphatic heterocycles. The number of carboxylic acid groups (broad SMARTS) is 1. The molecule has 0 saturated carbocycles. The first kappa shape index (κ1) is 32.0. The summed E-state index contributed by atoms with van der Waals surface area (Å²) in [4.78, 5) is 75.3. The molecule has 36 heavy (non-hydrogen) atoms. The normalized spacial score (nSPS) is 14.8. The van der Waals surface area contributed by atoms with E-state index in [-0.39, 0.29) is 38.2 Å². The molecule has 0 aliphatic rings. The van der Waals surface area contributed by atoms with Gasteiger partial charge in [0.1, 0.15) is 12.1 Å². The highest BCUT2D eigenvalue weighted by atomic mass is 16.4. The molecule has 0 bridgehead atoms. The number of carbonyl (C=O) groups excluding carboxylic acids is 5. The van der Waals surface area contributed by atoms with Crippen molar-refractivity contribution in [1.29, 1.82) is 0 Å². The minimum absolute atomic E-state index is 0.0345. The summed E-state index contributed by atoms with van der Waals surface area (Å²) in [6.45, 7) is 1.21. The maximum absolute atomic E-state index is 12.9. The number of carbonyl (C=O) groups is 6. The van der Waals surface area contributed by atoms with Crippen LogP contribution in [0.1, 0.15) is 39.0 Å². The van der Waals surface area contributed by atoms with Crippen LogP contribution >= 0.6 is 0 Å². The Labute approximate surface area is 206 Å². The average Bonchev–Trinajstić information content (AvgIpc) is 2.75.